The molecular formula is C14H16ClNO2. The average Bonchev–Trinajstić information content (AvgIpc) is 2.75. The Labute approximate surface area is 112 Å². The molecule has 0 saturated carbocycles. The largest absolute Gasteiger partial charge is 0.349 e. The Bertz CT molecular complexity index is 464. The number of ether oxygens (including phenoxy) is 1. The third kappa shape index (κ3) is 1.65. The molecular weight excluding hydrogens is 250 g/mol. The van der Waals surface area contributed by atoms with Gasteiger partial charge in [-0.05, 0) is 19.8 Å². The molecule has 2 aliphatic rings. The highest BCUT2D eigenvalue weighted by Gasteiger charge is 2.51. The van der Waals surface area contributed by atoms with E-state index in [0.29, 0.717) is 6.61 Å². The van der Waals surface area contributed by atoms with Crippen LogP contribution in [0.1, 0.15) is 25.3 Å². The van der Waals surface area contributed by atoms with Crippen molar-refractivity contribution in [3.8, 4) is 0 Å². The van der Waals surface area contributed by atoms with E-state index in [9.17, 15) is 4.79 Å². The van der Waals surface area contributed by atoms with Crippen molar-refractivity contribution < 1.29 is 9.53 Å². The molecule has 2 fully saturated rings. The Balaban J connectivity index is 2.00. The monoisotopic (exact) mass is 265 g/mol. The summed E-state index contributed by atoms with van der Waals surface area (Å²) >= 11 is 6.10. The first kappa shape index (κ1) is 12.0. The van der Waals surface area contributed by atoms with Gasteiger partial charge >= 0.3 is 0 Å². The van der Waals surface area contributed by atoms with Crippen molar-refractivity contribution in [3.05, 3.63) is 35.9 Å². The minimum Gasteiger partial charge on any atom is -0.349 e. The van der Waals surface area contributed by atoms with Gasteiger partial charge in [0.25, 0.3) is 0 Å². The highest BCUT2D eigenvalue weighted by molar-refractivity contribution is 6.31. The van der Waals surface area contributed by atoms with Gasteiger partial charge in [0, 0.05) is 5.56 Å². The van der Waals surface area contributed by atoms with Crippen LogP contribution in [0, 0.1) is 0 Å². The van der Waals surface area contributed by atoms with Crippen molar-refractivity contribution in [3.63, 3.8) is 0 Å². The summed E-state index contributed by atoms with van der Waals surface area (Å²) in [6, 6.07) is 10.0. The third-order valence-corrected chi connectivity index (χ3v) is 4.35. The smallest absolute Gasteiger partial charge is 0.243 e. The van der Waals surface area contributed by atoms with E-state index < -0.39 is 11.1 Å². The lowest BCUT2D eigenvalue weighted by Crippen LogP contribution is -2.53. The summed E-state index contributed by atoms with van der Waals surface area (Å²) < 4.78 is 5.94. The van der Waals surface area contributed by atoms with Crippen molar-refractivity contribution in [2.24, 2.45) is 0 Å². The number of piperidine rings is 1. The number of halogens is 1. The zero-order valence-electron chi connectivity index (χ0n) is 10.3. The molecule has 1 amide bonds. The lowest BCUT2D eigenvalue weighted by molar-refractivity contribution is -0.152. The van der Waals surface area contributed by atoms with Crippen LogP contribution in [0.2, 0.25) is 0 Å². The first-order chi connectivity index (χ1) is 8.63. The zero-order chi connectivity index (χ0) is 12.8. The molecule has 1 aromatic rings. The molecule has 3 nitrogen and oxygen atoms in total. The van der Waals surface area contributed by atoms with Crippen molar-refractivity contribution in [2.75, 3.05) is 6.61 Å². The number of rotatable bonds is 1. The lowest BCUT2D eigenvalue weighted by Gasteiger charge is -2.40. The maximum Gasteiger partial charge on any atom is 0.243 e. The number of carbonyl (C=O) groups excluding carboxylic acids is 1. The molecule has 0 spiro atoms. The SMILES string of the molecule is C[C@@]1(c2ccccc2)OC[C@@H]2CC[C@H](Cl)C(=O)N21. The number of hydrogen-bond acceptors (Lipinski definition) is 2. The normalized spacial score (nSPS) is 35.7. The van der Waals surface area contributed by atoms with Gasteiger partial charge in [0.15, 0.2) is 5.72 Å². The molecule has 2 heterocycles. The van der Waals surface area contributed by atoms with Crippen molar-refractivity contribution in [1.82, 2.24) is 4.90 Å². The number of amides is 1. The molecule has 0 aromatic heterocycles. The Morgan fingerprint density at radius 3 is 2.78 bits per heavy atom. The van der Waals surface area contributed by atoms with Crippen LogP contribution in [0.5, 0.6) is 0 Å². The standard InChI is InChI=1S/C14H16ClNO2/c1-14(10-5-3-2-4-6-10)16-11(9-18-14)7-8-12(15)13(16)17/h2-6,11-12H,7-9H2,1H3/t11-,12-,14-/m0/s1. The fourth-order valence-electron chi connectivity index (χ4n) is 2.94. The van der Waals surface area contributed by atoms with Crippen LogP contribution in [-0.4, -0.2) is 28.8 Å². The van der Waals surface area contributed by atoms with Crippen LogP contribution in [0.3, 0.4) is 0 Å². The minimum atomic E-state index is -0.670. The van der Waals surface area contributed by atoms with Gasteiger partial charge < -0.3 is 9.64 Å². The van der Waals surface area contributed by atoms with E-state index >= 15 is 0 Å². The number of nitrogens with zero attached hydrogens (tertiary/aromatic N) is 1. The highest BCUT2D eigenvalue weighted by atomic mass is 35.5. The summed E-state index contributed by atoms with van der Waals surface area (Å²) in [6.45, 7) is 2.55. The number of hydrogen-bond donors (Lipinski definition) is 0. The Morgan fingerprint density at radius 2 is 2.06 bits per heavy atom. The third-order valence-electron chi connectivity index (χ3n) is 3.95. The Kier molecular flexibility index (Phi) is 2.83. The minimum absolute atomic E-state index is 0.00299. The van der Waals surface area contributed by atoms with E-state index in [1.165, 1.54) is 0 Å². The zero-order valence-corrected chi connectivity index (χ0v) is 11.1. The topological polar surface area (TPSA) is 29.5 Å². The maximum atomic E-state index is 12.3. The molecule has 0 unspecified atom stereocenters. The summed E-state index contributed by atoms with van der Waals surface area (Å²) in [5, 5.41) is -0.411. The van der Waals surface area contributed by atoms with Gasteiger partial charge in [-0.15, -0.1) is 11.6 Å². The van der Waals surface area contributed by atoms with Crippen LogP contribution < -0.4 is 0 Å². The van der Waals surface area contributed by atoms with Crippen LogP contribution >= 0.6 is 11.6 Å². The van der Waals surface area contributed by atoms with Gasteiger partial charge in [0.2, 0.25) is 5.91 Å². The predicted molar refractivity (Wildman–Crippen MR) is 69.3 cm³/mol. The number of fused-ring (bicyclic) bond motifs is 1. The van der Waals surface area contributed by atoms with Gasteiger partial charge in [-0.3, -0.25) is 4.79 Å². The number of benzene rings is 1. The average molecular weight is 266 g/mol. The van der Waals surface area contributed by atoms with Crippen molar-refractivity contribution in [1.29, 1.82) is 0 Å². The summed E-state index contributed by atoms with van der Waals surface area (Å²) in [6.07, 6.45) is 1.66. The molecule has 0 bridgehead atoms. The molecule has 2 aliphatic heterocycles. The first-order valence-electron chi connectivity index (χ1n) is 6.29. The lowest BCUT2D eigenvalue weighted by atomic mass is 9.96. The van der Waals surface area contributed by atoms with Crippen LogP contribution in [0.4, 0.5) is 0 Å². The summed E-state index contributed by atoms with van der Waals surface area (Å²) in [5.41, 5.74) is 0.336. The quantitative estimate of drug-likeness (QED) is 0.730. The fourth-order valence-corrected chi connectivity index (χ4v) is 3.17. The fraction of sp³-hybridized carbons (Fsp3) is 0.500. The highest BCUT2D eigenvalue weighted by Crippen LogP contribution is 2.41. The molecule has 0 N–H and O–H groups in total. The van der Waals surface area contributed by atoms with Gasteiger partial charge in [0.1, 0.15) is 5.38 Å². The van der Waals surface area contributed by atoms with E-state index in [1.54, 1.807) is 0 Å². The molecule has 3 rings (SSSR count). The second-order valence-electron chi connectivity index (χ2n) is 5.07. The van der Waals surface area contributed by atoms with E-state index in [0.717, 1.165) is 18.4 Å². The molecule has 3 atom stereocenters. The molecule has 96 valence electrons. The van der Waals surface area contributed by atoms with Gasteiger partial charge in [-0.2, -0.15) is 0 Å². The Morgan fingerprint density at radius 1 is 1.33 bits per heavy atom. The van der Waals surface area contributed by atoms with E-state index in [-0.39, 0.29) is 11.9 Å². The van der Waals surface area contributed by atoms with E-state index in [2.05, 4.69) is 0 Å². The van der Waals surface area contributed by atoms with Gasteiger partial charge in [0.05, 0.1) is 12.6 Å². The molecule has 18 heavy (non-hydrogen) atoms. The molecule has 4 heteroatoms. The predicted octanol–water partition coefficient (Wildman–Crippen LogP) is 2.49. The van der Waals surface area contributed by atoms with Crippen molar-refractivity contribution >= 4 is 17.5 Å². The summed E-state index contributed by atoms with van der Waals surface area (Å²) in [5.74, 6) is -0.00299. The Hall–Kier alpha value is -1.06. The van der Waals surface area contributed by atoms with E-state index in [1.807, 2.05) is 42.2 Å². The first-order valence-corrected chi connectivity index (χ1v) is 6.73. The molecule has 2 saturated heterocycles. The van der Waals surface area contributed by atoms with Crippen molar-refractivity contribution in [2.45, 2.75) is 36.9 Å². The number of carbonyl (C=O) groups is 1. The number of alkyl halides is 1. The maximum absolute atomic E-state index is 12.3. The van der Waals surface area contributed by atoms with Gasteiger partial charge in [-0.25, -0.2) is 0 Å². The summed E-state index contributed by atoms with van der Waals surface area (Å²) in [7, 11) is 0. The van der Waals surface area contributed by atoms with Crippen LogP contribution in [-0.2, 0) is 15.3 Å². The molecule has 0 aliphatic carbocycles. The van der Waals surface area contributed by atoms with Crippen LogP contribution in [0.25, 0.3) is 0 Å². The summed E-state index contributed by atoms with van der Waals surface area (Å²) in [4.78, 5) is 14.1. The van der Waals surface area contributed by atoms with E-state index in [4.69, 9.17) is 16.3 Å². The molecule has 0 radical (unpaired) electrons. The van der Waals surface area contributed by atoms with Crippen LogP contribution in [0.15, 0.2) is 30.3 Å². The molecule has 1 aromatic carbocycles. The van der Waals surface area contributed by atoms with Gasteiger partial charge in [-0.1, -0.05) is 30.3 Å². The second kappa shape index (κ2) is 4.25. The second-order valence-corrected chi connectivity index (χ2v) is 5.59.